The summed E-state index contributed by atoms with van der Waals surface area (Å²) in [6.07, 6.45) is 1.10. The van der Waals surface area contributed by atoms with Crippen molar-refractivity contribution in [3.8, 4) is 5.95 Å². The molecule has 6 nitrogen and oxygen atoms in total. The Kier molecular flexibility index (Phi) is 6.34. The number of carbonyl (C=O) groups is 1. The molecule has 0 aliphatic rings. The molecular weight excluding hydrogens is 374 g/mol. The highest BCUT2D eigenvalue weighted by atomic mass is 16.1. The van der Waals surface area contributed by atoms with Gasteiger partial charge in [0.25, 0.3) is 5.95 Å². The molecule has 6 heteroatoms. The van der Waals surface area contributed by atoms with Crippen LogP contribution in [0.4, 0.5) is 0 Å². The monoisotopic (exact) mass is 405 g/mol. The summed E-state index contributed by atoms with van der Waals surface area (Å²) in [5.41, 5.74) is 8.21. The first-order valence-electron chi connectivity index (χ1n) is 10.4. The third-order valence-corrected chi connectivity index (χ3v) is 5.37. The molecule has 158 valence electrons. The first-order chi connectivity index (χ1) is 14.1. The average Bonchev–Trinajstić information content (AvgIpc) is 2.91. The van der Waals surface area contributed by atoms with E-state index in [2.05, 4.69) is 52.4 Å². The zero-order valence-electron chi connectivity index (χ0n) is 19.0. The largest absolute Gasteiger partial charge is 0.353 e. The lowest BCUT2D eigenvalue weighted by Crippen LogP contribution is -2.35. The number of carbonyl (C=O) groups excluding carboxylic acids is 1. The number of rotatable bonds is 6. The van der Waals surface area contributed by atoms with Crippen LogP contribution in [0.15, 0.2) is 24.3 Å². The lowest BCUT2D eigenvalue weighted by atomic mass is 9.99. The number of hydrogen-bond donors (Lipinski definition) is 1. The second kappa shape index (κ2) is 8.78. The number of aryl methyl sites for hydroxylation is 5. The van der Waals surface area contributed by atoms with Crippen molar-refractivity contribution in [2.24, 2.45) is 0 Å². The summed E-state index contributed by atoms with van der Waals surface area (Å²) >= 11 is 0. The summed E-state index contributed by atoms with van der Waals surface area (Å²) < 4.78 is 1.73. The van der Waals surface area contributed by atoms with Crippen LogP contribution in [0.5, 0.6) is 0 Å². The minimum atomic E-state index is -0.000596. The standard InChI is InChI=1S/C24H31N5O/c1-14-8-9-21(15(2)10-14)12-18(5)25-23(30)13-22-19(6)28-29(20(22)7)24-26-16(3)11-17(4)27-24/h8-11,18H,12-13H2,1-7H3,(H,25,30). The molecule has 0 aliphatic heterocycles. The van der Waals surface area contributed by atoms with Crippen molar-refractivity contribution in [2.45, 2.75) is 67.3 Å². The smallest absolute Gasteiger partial charge is 0.251 e. The molecule has 1 unspecified atom stereocenters. The Hall–Kier alpha value is -3.02. The van der Waals surface area contributed by atoms with Crippen molar-refractivity contribution in [3.05, 3.63) is 69.3 Å². The van der Waals surface area contributed by atoms with E-state index in [0.717, 1.165) is 34.8 Å². The van der Waals surface area contributed by atoms with E-state index in [1.807, 2.05) is 40.7 Å². The van der Waals surface area contributed by atoms with Gasteiger partial charge in [-0.2, -0.15) is 5.10 Å². The maximum Gasteiger partial charge on any atom is 0.251 e. The first kappa shape index (κ1) is 21.7. The van der Waals surface area contributed by atoms with Crippen molar-refractivity contribution >= 4 is 5.91 Å². The summed E-state index contributed by atoms with van der Waals surface area (Å²) in [6, 6.07) is 8.43. The van der Waals surface area contributed by atoms with Crippen LogP contribution >= 0.6 is 0 Å². The molecule has 1 amide bonds. The van der Waals surface area contributed by atoms with Crippen molar-refractivity contribution < 1.29 is 4.79 Å². The lowest BCUT2D eigenvalue weighted by Gasteiger charge is -2.16. The number of nitrogens with one attached hydrogen (secondary N) is 1. The molecule has 0 radical (unpaired) electrons. The molecule has 1 N–H and O–H groups in total. The minimum Gasteiger partial charge on any atom is -0.353 e. The molecule has 0 aliphatic carbocycles. The van der Waals surface area contributed by atoms with E-state index in [4.69, 9.17) is 0 Å². The Labute approximate surface area is 178 Å². The Balaban J connectivity index is 1.71. The zero-order valence-corrected chi connectivity index (χ0v) is 19.0. The number of benzene rings is 1. The normalized spacial score (nSPS) is 12.1. The third-order valence-electron chi connectivity index (χ3n) is 5.37. The molecular formula is C24H31N5O. The van der Waals surface area contributed by atoms with Crippen LogP contribution in [-0.2, 0) is 17.6 Å². The van der Waals surface area contributed by atoms with Crippen LogP contribution in [0.2, 0.25) is 0 Å². The van der Waals surface area contributed by atoms with Gasteiger partial charge in [0.2, 0.25) is 5.91 Å². The van der Waals surface area contributed by atoms with Crippen LogP contribution in [-0.4, -0.2) is 31.7 Å². The van der Waals surface area contributed by atoms with E-state index in [1.54, 1.807) is 4.68 Å². The number of nitrogens with zero attached hydrogens (tertiary/aromatic N) is 4. The molecule has 1 atom stereocenters. The Bertz CT molecular complexity index is 1060. The van der Waals surface area contributed by atoms with Crippen LogP contribution < -0.4 is 5.32 Å². The molecule has 1 aromatic carbocycles. The van der Waals surface area contributed by atoms with Gasteiger partial charge in [-0.05, 0) is 72.1 Å². The Morgan fingerprint density at radius 2 is 1.70 bits per heavy atom. The number of hydrogen-bond acceptors (Lipinski definition) is 4. The van der Waals surface area contributed by atoms with Gasteiger partial charge in [-0.1, -0.05) is 23.8 Å². The van der Waals surface area contributed by atoms with Gasteiger partial charge in [0, 0.05) is 28.7 Å². The summed E-state index contributed by atoms with van der Waals surface area (Å²) in [5, 5.41) is 7.73. The van der Waals surface area contributed by atoms with Crippen molar-refractivity contribution in [1.29, 1.82) is 0 Å². The Morgan fingerprint density at radius 1 is 1.03 bits per heavy atom. The van der Waals surface area contributed by atoms with Gasteiger partial charge in [-0.25, -0.2) is 14.6 Å². The van der Waals surface area contributed by atoms with Crippen LogP contribution in [0, 0.1) is 41.5 Å². The predicted octanol–water partition coefficient (Wildman–Crippen LogP) is 3.80. The maximum absolute atomic E-state index is 12.7. The van der Waals surface area contributed by atoms with Crippen molar-refractivity contribution in [1.82, 2.24) is 25.1 Å². The number of aromatic nitrogens is 4. The third kappa shape index (κ3) is 4.93. The second-order valence-electron chi connectivity index (χ2n) is 8.29. The molecule has 0 spiro atoms. The molecule has 2 aromatic heterocycles. The van der Waals surface area contributed by atoms with E-state index in [-0.39, 0.29) is 11.9 Å². The van der Waals surface area contributed by atoms with Crippen LogP contribution in [0.3, 0.4) is 0 Å². The summed E-state index contributed by atoms with van der Waals surface area (Å²) in [5.74, 6) is 0.544. The van der Waals surface area contributed by atoms with Crippen molar-refractivity contribution in [3.63, 3.8) is 0 Å². The molecule has 2 heterocycles. The van der Waals surface area contributed by atoms with Gasteiger partial charge in [-0.3, -0.25) is 4.79 Å². The second-order valence-corrected chi connectivity index (χ2v) is 8.29. The molecule has 0 fully saturated rings. The van der Waals surface area contributed by atoms with Gasteiger partial charge in [0.1, 0.15) is 0 Å². The fourth-order valence-corrected chi connectivity index (χ4v) is 3.87. The Morgan fingerprint density at radius 3 is 2.33 bits per heavy atom. The van der Waals surface area contributed by atoms with Gasteiger partial charge in [0.15, 0.2) is 0 Å². The highest BCUT2D eigenvalue weighted by molar-refractivity contribution is 5.79. The van der Waals surface area contributed by atoms with E-state index in [0.29, 0.717) is 12.4 Å². The van der Waals surface area contributed by atoms with E-state index in [9.17, 15) is 4.79 Å². The van der Waals surface area contributed by atoms with Gasteiger partial charge >= 0.3 is 0 Å². The summed E-state index contributed by atoms with van der Waals surface area (Å²) in [6.45, 7) is 14.0. The fraction of sp³-hybridized carbons (Fsp3) is 0.417. The topological polar surface area (TPSA) is 72.7 Å². The van der Waals surface area contributed by atoms with E-state index >= 15 is 0 Å². The molecule has 3 aromatic rings. The summed E-state index contributed by atoms with van der Waals surface area (Å²) in [4.78, 5) is 21.7. The summed E-state index contributed by atoms with van der Waals surface area (Å²) in [7, 11) is 0. The zero-order chi connectivity index (χ0) is 22.0. The number of amides is 1. The van der Waals surface area contributed by atoms with Gasteiger partial charge in [-0.15, -0.1) is 0 Å². The van der Waals surface area contributed by atoms with E-state index in [1.165, 1.54) is 16.7 Å². The quantitative estimate of drug-likeness (QED) is 0.677. The van der Waals surface area contributed by atoms with Gasteiger partial charge in [0.05, 0.1) is 12.1 Å². The molecule has 3 rings (SSSR count). The fourth-order valence-electron chi connectivity index (χ4n) is 3.87. The van der Waals surface area contributed by atoms with Crippen molar-refractivity contribution in [2.75, 3.05) is 0 Å². The SMILES string of the molecule is Cc1ccc(CC(C)NC(=O)Cc2c(C)nn(-c3nc(C)cc(C)n3)c2C)c(C)c1. The highest BCUT2D eigenvalue weighted by Gasteiger charge is 2.19. The molecule has 0 saturated carbocycles. The highest BCUT2D eigenvalue weighted by Crippen LogP contribution is 2.18. The van der Waals surface area contributed by atoms with Crippen LogP contribution in [0.25, 0.3) is 5.95 Å². The van der Waals surface area contributed by atoms with E-state index < -0.39 is 0 Å². The average molecular weight is 406 g/mol. The molecule has 0 bridgehead atoms. The van der Waals surface area contributed by atoms with Crippen LogP contribution in [0.1, 0.15) is 52.0 Å². The molecule has 0 saturated heterocycles. The maximum atomic E-state index is 12.7. The first-order valence-corrected chi connectivity index (χ1v) is 10.4. The van der Waals surface area contributed by atoms with Gasteiger partial charge < -0.3 is 5.32 Å². The lowest BCUT2D eigenvalue weighted by molar-refractivity contribution is -0.121. The predicted molar refractivity (Wildman–Crippen MR) is 119 cm³/mol. The minimum absolute atomic E-state index is 0.000596. The molecule has 30 heavy (non-hydrogen) atoms.